The number of aliphatic hydroxyl groups is 1. The summed E-state index contributed by atoms with van der Waals surface area (Å²) in [4.78, 5) is 12.9. The van der Waals surface area contributed by atoms with Crippen LogP contribution in [-0.4, -0.2) is 23.7 Å². The Hall–Kier alpha value is -1.35. The molecule has 0 radical (unpaired) electrons. The van der Waals surface area contributed by atoms with Gasteiger partial charge in [-0.3, -0.25) is 4.79 Å². The minimum atomic E-state index is -0.432. The molecule has 2 rings (SSSR count). The van der Waals surface area contributed by atoms with Gasteiger partial charge in [0, 0.05) is 6.04 Å². The van der Waals surface area contributed by atoms with Crippen molar-refractivity contribution in [3.05, 3.63) is 35.4 Å². The van der Waals surface area contributed by atoms with Crippen molar-refractivity contribution in [2.75, 3.05) is 6.61 Å². The van der Waals surface area contributed by atoms with E-state index in [0.717, 1.165) is 31.2 Å². The Morgan fingerprint density at radius 2 is 1.74 bits per heavy atom. The van der Waals surface area contributed by atoms with Gasteiger partial charge in [-0.15, -0.1) is 0 Å². The molecule has 0 aliphatic heterocycles. The van der Waals surface area contributed by atoms with Crippen molar-refractivity contribution in [1.29, 1.82) is 0 Å². The second-order valence-electron chi connectivity index (χ2n) is 8.03. The molecule has 0 bridgehead atoms. The Morgan fingerprint density at radius 1 is 1.17 bits per heavy atom. The van der Waals surface area contributed by atoms with Gasteiger partial charge in [0.25, 0.3) is 0 Å². The fourth-order valence-electron chi connectivity index (χ4n) is 3.50. The maximum Gasteiger partial charge on any atom is 0.230 e. The van der Waals surface area contributed by atoms with Crippen LogP contribution in [0.4, 0.5) is 0 Å². The quantitative estimate of drug-likeness (QED) is 0.890. The van der Waals surface area contributed by atoms with E-state index in [1.165, 1.54) is 12.0 Å². The van der Waals surface area contributed by atoms with E-state index in [2.05, 4.69) is 50.4 Å². The average Bonchev–Trinajstić information content (AvgIpc) is 2.54. The van der Waals surface area contributed by atoms with Gasteiger partial charge in [0.2, 0.25) is 5.91 Å². The van der Waals surface area contributed by atoms with Crippen LogP contribution in [0.25, 0.3) is 0 Å². The molecule has 3 heteroatoms. The lowest BCUT2D eigenvalue weighted by atomic mass is 9.68. The molecule has 1 atom stereocenters. The molecule has 1 saturated carbocycles. The van der Waals surface area contributed by atoms with Gasteiger partial charge < -0.3 is 10.4 Å². The average molecular weight is 317 g/mol. The summed E-state index contributed by atoms with van der Waals surface area (Å²) >= 11 is 0. The van der Waals surface area contributed by atoms with E-state index >= 15 is 0 Å². The highest BCUT2D eigenvalue weighted by atomic mass is 16.3. The molecular weight excluding hydrogens is 286 g/mol. The molecule has 3 nitrogen and oxygen atoms in total. The smallest absolute Gasteiger partial charge is 0.230 e. The lowest BCUT2D eigenvalue weighted by Gasteiger charge is -2.37. The monoisotopic (exact) mass is 317 g/mol. The Morgan fingerprint density at radius 3 is 2.22 bits per heavy atom. The first-order valence-electron chi connectivity index (χ1n) is 8.82. The zero-order valence-corrected chi connectivity index (χ0v) is 15.0. The predicted octanol–water partition coefficient (Wildman–Crippen LogP) is 3.68. The van der Waals surface area contributed by atoms with Crippen molar-refractivity contribution in [3.8, 4) is 0 Å². The van der Waals surface area contributed by atoms with Crippen LogP contribution in [0.5, 0.6) is 0 Å². The molecule has 1 fully saturated rings. The Balaban J connectivity index is 2.33. The van der Waals surface area contributed by atoms with E-state index in [9.17, 15) is 9.90 Å². The van der Waals surface area contributed by atoms with E-state index in [-0.39, 0.29) is 24.0 Å². The number of rotatable bonds is 4. The molecular formula is C20H31NO2. The van der Waals surface area contributed by atoms with Crippen molar-refractivity contribution in [1.82, 2.24) is 5.32 Å². The number of carbonyl (C=O) groups is 1. The summed E-state index contributed by atoms with van der Waals surface area (Å²) in [6, 6.07) is 8.39. The molecule has 0 heterocycles. The third-order valence-corrected chi connectivity index (χ3v) is 5.10. The van der Waals surface area contributed by atoms with Gasteiger partial charge in [-0.1, -0.05) is 64.3 Å². The highest BCUT2D eigenvalue weighted by molar-refractivity contribution is 5.88. The van der Waals surface area contributed by atoms with Crippen LogP contribution in [0.1, 0.15) is 70.9 Å². The van der Waals surface area contributed by atoms with Gasteiger partial charge in [-0.25, -0.2) is 0 Å². The summed E-state index contributed by atoms with van der Waals surface area (Å²) in [5, 5.41) is 12.2. The molecule has 1 amide bonds. The molecule has 1 aliphatic rings. The van der Waals surface area contributed by atoms with Gasteiger partial charge >= 0.3 is 0 Å². The number of benzene rings is 1. The second kappa shape index (κ2) is 7.04. The first kappa shape index (κ1) is 18.0. The van der Waals surface area contributed by atoms with E-state index in [1.807, 2.05) is 6.92 Å². The number of amides is 1. The molecule has 0 saturated heterocycles. The fraction of sp³-hybridized carbons (Fsp3) is 0.650. The van der Waals surface area contributed by atoms with E-state index in [4.69, 9.17) is 0 Å². The summed E-state index contributed by atoms with van der Waals surface area (Å²) in [7, 11) is 0. The normalized spacial score (nSPS) is 19.2. The van der Waals surface area contributed by atoms with Crippen LogP contribution >= 0.6 is 0 Å². The Kier molecular flexibility index (Phi) is 5.51. The van der Waals surface area contributed by atoms with Crippen molar-refractivity contribution < 1.29 is 9.90 Å². The summed E-state index contributed by atoms with van der Waals surface area (Å²) in [5.74, 6) is 0.0715. The van der Waals surface area contributed by atoms with Gasteiger partial charge in [0.1, 0.15) is 0 Å². The van der Waals surface area contributed by atoms with Crippen LogP contribution < -0.4 is 5.32 Å². The minimum Gasteiger partial charge on any atom is -0.394 e. The Labute approximate surface area is 140 Å². The van der Waals surface area contributed by atoms with Gasteiger partial charge in [-0.2, -0.15) is 0 Å². The molecule has 1 aliphatic carbocycles. The standard InChI is InChI=1S/C20H31NO2/c1-15(14-22)21-18(23)20(12-6-5-7-13-20)17-10-8-16(9-11-17)19(2,3)4/h8-11,15,22H,5-7,12-14H2,1-4H3,(H,21,23). The van der Waals surface area contributed by atoms with Crippen molar-refractivity contribution in [3.63, 3.8) is 0 Å². The molecule has 1 aromatic rings. The summed E-state index contributed by atoms with van der Waals surface area (Å²) in [6.45, 7) is 8.43. The highest BCUT2D eigenvalue weighted by Crippen LogP contribution is 2.40. The predicted molar refractivity (Wildman–Crippen MR) is 94.6 cm³/mol. The lowest BCUT2D eigenvalue weighted by molar-refractivity contribution is -0.129. The first-order chi connectivity index (χ1) is 10.8. The summed E-state index contributed by atoms with van der Waals surface area (Å²) in [6.07, 6.45) is 5.16. The largest absolute Gasteiger partial charge is 0.394 e. The van der Waals surface area contributed by atoms with E-state index in [1.54, 1.807) is 0 Å². The molecule has 128 valence electrons. The zero-order chi connectivity index (χ0) is 17.1. The fourth-order valence-corrected chi connectivity index (χ4v) is 3.50. The maximum atomic E-state index is 12.9. The molecule has 0 spiro atoms. The molecule has 1 unspecified atom stereocenters. The van der Waals surface area contributed by atoms with Crippen LogP contribution in [0.2, 0.25) is 0 Å². The first-order valence-corrected chi connectivity index (χ1v) is 8.82. The topological polar surface area (TPSA) is 49.3 Å². The van der Waals surface area contributed by atoms with Gasteiger partial charge in [0.05, 0.1) is 12.0 Å². The number of hydrogen-bond donors (Lipinski definition) is 2. The van der Waals surface area contributed by atoms with Crippen molar-refractivity contribution in [2.45, 2.75) is 76.7 Å². The molecule has 1 aromatic carbocycles. The highest BCUT2D eigenvalue weighted by Gasteiger charge is 2.41. The molecule has 23 heavy (non-hydrogen) atoms. The minimum absolute atomic E-state index is 0.0230. The summed E-state index contributed by atoms with van der Waals surface area (Å²) in [5.41, 5.74) is 2.09. The SMILES string of the molecule is CC(CO)NC(=O)C1(c2ccc(C(C)(C)C)cc2)CCCCC1. The summed E-state index contributed by atoms with van der Waals surface area (Å²) < 4.78 is 0. The van der Waals surface area contributed by atoms with E-state index < -0.39 is 5.41 Å². The van der Waals surface area contributed by atoms with Crippen LogP contribution in [0.15, 0.2) is 24.3 Å². The van der Waals surface area contributed by atoms with Gasteiger partial charge in [-0.05, 0) is 36.3 Å². The lowest BCUT2D eigenvalue weighted by Crippen LogP contribution is -2.49. The third kappa shape index (κ3) is 3.95. The number of hydrogen-bond acceptors (Lipinski definition) is 2. The van der Waals surface area contributed by atoms with E-state index in [0.29, 0.717) is 0 Å². The number of aliphatic hydroxyl groups excluding tert-OH is 1. The van der Waals surface area contributed by atoms with Crippen LogP contribution in [0.3, 0.4) is 0 Å². The Bertz CT molecular complexity index is 522. The number of carbonyl (C=O) groups excluding carboxylic acids is 1. The van der Waals surface area contributed by atoms with Gasteiger partial charge in [0.15, 0.2) is 0 Å². The molecule has 2 N–H and O–H groups in total. The zero-order valence-electron chi connectivity index (χ0n) is 15.0. The van der Waals surface area contributed by atoms with Crippen LogP contribution in [0, 0.1) is 0 Å². The number of nitrogens with one attached hydrogen (secondary N) is 1. The van der Waals surface area contributed by atoms with Crippen molar-refractivity contribution >= 4 is 5.91 Å². The van der Waals surface area contributed by atoms with Crippen molar-refractivity contribution in [2.24, 2.45) is 0 Å². The van der Waals surface area contributed by atoms with Crippen LogP contribution in [-0.2, 0) is 15.6 Å². The molecule has 0 aromatic heterocycles. The maximum absolute atomic E-state index is 12.9. The second-order valence-corrected chi connectivity index (χ2v) is 8.03. The third-order valence-electron chi connectivity index (χ3n) is 5.10.